The normalized spacial score (nSPS) is 11.1. The molecule has 2 heterocycles. The number of carbonyl (C=O) groups is 1. The van der Waals surface area contributed by atoms with Crippen LogP contribution in [-0.4, -0.2) is 47.6 Å². The summed E-state index contributed by atoms with van der Waals surface area (Å²) in [6, 6.07) is 3.29. The molecular weight excluding hydrogens is 499 g/mol. The molecule has 2 aromatic heterocycles. The second-order valence-corrected chi connectivity index (χ2v) is 6.87. The van der Waals surface area contributed by atoms with Gasteiger partial charge in [-0.3, -0.25) is 24.4 Å². The van der Waals surface area contributed by atoms with E-state index in [9.17, 15) is 4.79 Å². The lowest BCUT2D eigenvalue weighted by Crippen LogP contribution is -2.32. The van der Waals surface area contributed by atoms with E-state index in [2.05, 4.69) is 36.2 Å². The van der Waals surface area contributed by atoms with Crippen LogP contribution in [0, 0.1) is 0 Å². The summed E-state index contributed by atoms with van der Waals surface area (Å²) < 4.78 is 0. The average molecular weight is 529 g/mol. The molecule has 0 saturated heterocycles. The molecule has 0 bridgehead atoms. The summed E-state index contributed by atoms with van der Waals surface area (Å²) in [7, 11) is 0. The summed E-state index contributed by atoms with van der Waals surface area (Å²) in [5, 5.41) is 11.5. The zero-order chi connectivity index (χ0) is 26.3. The molecule has 0 atom stereocenters. The molecule has 0 aliphatic heterocycles. The van der Waals surface area contributed by atoms with E-state index in [-0.39, 0.29) is 11.9 Å². The van der Waals surface area contributed by atoms with Crippen molar-refractivity contribution in [2.24, 2.45) is 32.6 Å². The zero-order valence-corrected chi connectivity index (χ0v) is 20.9. The van der Waals surface area contributed by atoms with Crippen molar-refractivity contribution < 1.29 is 14.5 Å². The average Bonchev–Trinajstić information content (AvgIpc) is 2.86. The number of pyridine rings is 2. The maximum Gasteiger partial charge on any atom is 0.237 e. The number of guanidine groups is 2. The van der Waals surface area contributed by atoms with Gasteiger partial charge in [0.05, 0.1) is 29.5 Å². The number of aldehydes is 1. The topological polar surface area (TPSA) is 201 Å². The third kappa shape index (κ3) is 16.7. The van der Waals surface area contributed by atoms with Crippen LogP contribution >= 0.6 is 23.2 Å². The maximum absolute atomic E-state index is 10.1. The third-order valence-corrected chi connectivity index (χ3v) is 3.83. The number of nitrogens with zero attached hydrogens (tertiary/aromatic N) is 5. The lowest BCUT2D eigenvalue weighted by molar-refractivity contribution is 0.0845. The molecule has 0 amide bonds. The number of nitrogens with two attached hydrogens (primary N) is 3. The number of hydroxylamine groups is 2. The van der Waals surface area contributed by atoms with Gasteiger partial charge >= 0.3 is 0 Å². The van der Waals surface area contributed by atoms with Crippen molar-refractivity contribution in [1.82, 2.24) is 20.9 Å². The van der Waals surface area contributed by atoms with Gasteiger partial charge in [-0.05, 0) is 25.0 Å². The van der Waals surface area contributed by atoms with Crippen molar-refractivity contribution in [2.45, 2.75) is 26.7 Å². The Morgan fingerprint density at radius 2 is 1.49 bits per heavy atom. The van der Waals surface area contributed by atoms with E-state index in [4.69, 9.17) is 50.2 Å². The smallest absolute Gasteiger partial charge is 0.237 e. The van der Waals surface area contributed by atoms with Gasteiger partial charge in [0.25, 0.3) is 0 Å². The second-order valence-electron chi connectivity index (χ2n) is 6.06. The molecule has 0 radical (unpaired) electrons. The highest BCUT2D eigenvalue weighted by Crippen LogP contribution is 2.10. The Morgan fingerprint density at radius 3 is 1.91 bits per heavy atom. The third-order valence-electron chi connectivity index (χ3n) is 3.20. The Kier molecular flexibility index (Phi) is 18.9. The highest BCUT2D eigenvalue weighted by Gasteiger charge is 1.95. The Labute approximate surface area is 213 Å². The Hall–Kier alpha value is -3.52. The molecule has 8 N–H and O–H groups in total. The number of hydrogen-bond acceptors (Lipinski definition) is 9. The predicted molar refractivity (Wildman–Crippen MR) is 138 cm³/mol. The minimum absolute atomic E-state index is 0.0832. The number of aromatic nitrogens is 2. The fourth-order valence-electron chi connectivity index (χ4n) is 1.63. The molecule has 192 valence electrons. The molecule has 0 unspecified atom stereocenters. The van der Waals surface area contributed by atoms with Crippen molar-refractivity contribution >= 4 is 47.6 Å². The minimum Gasteiger partial charge on any atom is -0.367 e. The Balaban J connectivity index is 0.000000543. The van der Waals surface area contributed by atoms with Crippen LogP contribution in [0.15, 0.2) is 52.2 Å². The fraction of sp³-hybridized carbons (Fsp3) is 0.300. The van der Waals surface area contributed by atoms with Crippen molar-refractivity contribution in [3.8, 4) is 0 Å². The van der Waals surface area contributed by atoms with Gasteiger partial charge in [-0.25, -0.2) is 11.0 Å². The fourth-order valence-corrected chi connectivity index (χ4v) is 1.96. The molecule has 35 heavy (non-hydrogen) atoms. The van der Waals surface area contributed by atoms with Crippen LogP contribution in [0.4, 0.5) is 0 Å². The van der Waals surface area contributed by atoms with Crippen LogP contribution in [0.3, 0.4) is 0 Å². The highest BCUT2D eigenvalue weighted by molar-refractivity contribution is 6.33. The zero-order valence-electron chi connectivity index (χ0n) is 19.4. The van der Waals surface area contributed by atoms with Crippen LogP contribution in [0.25, 0.3) is 0 Å². The molecule has 2 rings (SSSR count). The number of hydrazone groups is 1. The molecule has 0 aromatic carbocycles. The minimum atomic E-state index is 0.0832. The van der Waals surface area contributed by atoms with E-state index in [0.717, 1.165) is 12.8 Å². The van der Waals surface area contributed by atoms with Crippen LogP contribution in [-0.2, 0) is 9.68 Å². The van der Waals surface area contributed by atoms with Crippen LogP contribution < -0.4 is 28.3 Å². The Morgan fingerprint density at radius 1 is 0.971 bits per heavy atom. The molecule has 0 aliphatic carbocycles. The van der Waals surface area contributed by atoms with Crippen molar-refractivity contribution in [3.63, 3.8) is 0 Å². The molecule has 0 spiro atoms. The summed E-state index contributed by atoms with van der Waals surface area (Å²) in [4.78, 5) is 27.4. The van der Waals surface area contributed by atoms with E-state index in [1.54, 1.807) is 18.3 Å². The Bertz CT molecular complexity index is 945. The lowest BCUT2D eigenvalue weighted by atomic mass is 10.3. The largest absolute Gasteiger partial charge is 0.367 e. The van der Waals surface area contributed by atoms with Crippen molar-refractivity contribution in [1.29, 1.82) is 0 Å². The van der Waals surface area contributed by atoms with E-state index in [1.807, 2.05) is 13.8 Å². The van der Waals surface area contributed by atoms with Crippen molar-refractivity contribution in [2.75, 3.05) is 13.2 Å². The quantitative estimate of drug-likeness (QED) is 0.0798. The number of halogens is 2. The standard InChI is InChI=1S/C10H14ClN5O.C6H4ClNO.C4H12N4O/c1-2-5-17-16-10(12)15-14-6-8-3-4-13-7-9(8)11;7-6-3-8-2-1-5(6)4-9;1-2-3-9-8-4(5)7-6/h3-4,6-7H,2,5H2,1H3,(H3,12,15,16);1-4H;2-3,6H2,1H3,(H3,5,7,8)/b14-6+;;. The first kappa shape index (κ1) is 31.5. The van der Waals surface area contributed by atoms with Gasteiger partial charge in [-0.2, -0.15) is 5.10 Å². The maximum atomic E-state index is 10.1. The summed E-state index contributed by atoms with van der Waals surface area (Å²) in [6.45, 7) is 5.11. The molecule has 15 heteroatoms. The summed E-state index contributed by atoms with van der Waals surface area (Å²) in [6.07, 6.45) is 10.1. The van der Waals surface area contributed by atoms with Gasteiger partial charge in [0.2, 0.25) is 11.9 Å². The lowest BCUT2D eigenvalue weighted by Gasteiger charge is -2.02. The summed E-state index contributed by atoms with van der Waals surface area (Å²) in [5.74, 6) is 4.94. The van der Waals surface area contributed by atoms with Crippen LogP contribution in [0.2, 0.25) is 10.0 Å². The van der Waals surface area contributed by atoms with E-state index in [1.165, 1.54) is 24.8 Å². The first-order chi connectivity index (χ1) is 16.9. The van der Waals surface area contributed by atoms with E-state index in [0.29, 0.717) is 40.7 Å². The van der Waals surface area contributed by atoms with Gasteiger partial charge in [0.15, 0.2) is 6.29 Å². The number of carbonyl (C=O) groups excluding carboxylic acids is 1. The first-order valence-electron chi connectivity index (χ1n) is 10.2. The number of rotatable bonds is 9. The van der Waals surface area contributed by atoms with Gasteiger partial charge in [0.1, 0.15) is 0 Å². The van der Waals surface area contributed by atoms with Gasteiger partial charge < -0.3 is 17.3 Å². The van der Waals surface area contributed by atoms with Gasteiger partial charge in [0, 0.05) is 35.9 Å². The van der Waals surface area contributed by atoms with Crippen LogP contribution in [0.1, 0.15) is 42.6 Å². The predicted octanol–water partition coefficient (Wildman–Crippen LogP) is 1.97. The van der Waals surface area contributed by atoms with Crippen molar-refractivity contribution in [3.05, 3.63) is 58.1 Å². The van der Waals surface area contributed by atoms with Gasteiger partial charge in [-0.15, -0.1) is 10.2 Å². The molecule has 13 nitrogen and oxygen atoms in total. The first-order valence-corrected chi connectivity index (χ1v) is 10.9. The summed E-state index contributed by atoms with van der Waals surface area (Å²) >= 11 is 11.4. The van der Waals surface area contributed by atoms with Crippen LogP contribution in [0.5, 0.6) is 0 Å². The number of hydrogen-bond donors (Lipinski definition) is 5. The highest BCUT2D eigenvalue weighted by atomic mass is 35.5. The second kappa shape index (κ2) is 21.0. The van der Waals surface area contributed by atoms with Gasteiger partial charge in [-0.1, -0.05) is 37.0 Å². The molecular formula is C20H30Cl2N10O3. The summed E-state index contributed by atoms with van der Waals surface area (Å²) in [5.41, 5.74) is 16.6. The van der Waals surface area contributed by atoms with E-state index < -0.39 is 0 Å². The molecule has 2 aromatic rings. The SMILES string of the molecule is CCCONC(N)=N/N=C/c1ccncc1Cl.CCCONC(N)=NN.O=Cc1ccncc1Cl. The monoisotopic (exact) mass is 528 g/mol. The molecule has 0 saturated carbocycles. The number of nitrogens with one attached hydrogen (secondary N) is 2. The van der Waals surface area contributed by atoms with E-state index >= 15 is 0 Å². The molecule has 0 fully saturated rings. The molecule has 0 aliphatic rings.